The van der Waals surface area contributed by atoms with E-state index in [9.17, 15) is 13.6 Å². The quantitative estimate of drug-likeness (QED) is 0.820. The second kappa shape index (κ2) is 4.53. The van der Waals surface area contributed by atoms with Crippen LogP contribution in [0, 0.1) is 6.92 Å². The largest absolute Gasteiger partial charge is 0.478 e. The number of carboxylic acid groups (broad SMARTS) is 1. The van der Waals surface area contributed by atoms with Crippen LogP contribution in [0.4, 0.5) is 8.78 Å². The van der Waals surface area contributed by atoms with Gasteiger partial charge in [-0.05, 0) is 12.5 Å². The molecule has 3 nitrogen and oxygen atoms in total. The maximum atomic E-state index is 12.5. The van der Waals surface area contributed by atoms with Crippen LogP contribution >= 0.6 is 11.6 Å². The molecule has 0 atom stereocenters. The van der Waals surface area contributed by atoms with Gasteiger partial charge >= 0.3 is 5.97 Å². The Kier molecular flexibility index (Phi) is 3.57. The van der Waals surface area contributed by atoms with Gasteiger partial charge < -0.3 is 5.11 Å². The molecule has 1 aromatic heterocycles. The number of hydrogen-bond donors (Lipinski definition) is 1. The van der Waals surface area contributed by atoms with Gasteiger partial charge in [0, 0.05) is 6.20 Å². The lowest BCUT2D eigenvalue weighted by molar-refractivity contribution is 0.0683. The van der Waals surface area contributed by atoms with E-state index in [0.29, 0.717) is 5.69 Å². The Bertz CT molecular complexity index is 396. The van der Waals surface area contributed by atoms with Crippen molar-refractivity contribution in [2.75, 3.05) is 0 Å². The summed E-state index contributed by atoms with van der Waals surface area (Å²) in [5, 5.41) is 8.81. The number of nitrogens with zero attached hydrogens (tertiary/aromatic N) is 1. The number of hydrogen-bond acceptors (Lipinski definition) is 2. The van der Waals surface area contributed by atoms with Crippen LogP contribution < -0.4 is 0 Å². The Hall–Kier alpha value is -1.23. The predicted molar refractivity (Wildman–Crippen MR) is 50.4 cm³/mol. The fourth-order valence-electron chi connectivity index (χ4n) is 1.25. The van der Waals surface area contributed by atoms with Crippen LogP contribution in [0.2, 0.25) is 0 Å². The molecule has 15 heavy (non-hydrogen) atoms. The van der Waals surface area contributed by atoms with Crippen LogP contribution in [0.15, 0.2) is 6.20 Å². The lowest BCUT2D eigenvalue weighted by Gasteiger charge is -2.10. The summed E-state index contributed by atoms with van der Waals surface area (Å²) in [6, 6.07) is 0. The number of alkyl halides is 3. The summed E-state index contributed by atoms with van der Waals surface area (Å²) in [6.07, 6.45) is -1.99. The minimum Gasteiger partial charge on any atom is -0.478 e. The summed E-state index contributed by atoms with van der Waals surface area (Å²) < 4.78 is 24.9. The summed E-state index contributed by atoms with van der Waals surface area (Å²) in [4.78, 5) is 14.5. The Labute approximate surface area is 89.7 Å². The van der Waals surface area contributed by atoms with Gasteiger partial charge in [0.2, 0.25) is 0 Å². The zero-order chi connectivity index (χ0) is 11.6. The highest BCUT2D eigenvalue weighted by atomic mass is 35.5. The summed E-state index contributed by atoms with van der Waals surface area (Å²) in [6.45, 7) is 1.42. The van der Waals surface area contributed by atoms with Crippen LogP contribution in [0.25, 0.3) is 0 Å². The first-order chi connectivity index (χ1) is 6.99. The summed E-state index contributed by atoms with van der Waals surface area (Å²) in [5.41, 5.74) is -0.488. The first-order valence-corrected chi connectivity index (χ1v) is 4.58. The number of aromatic carboxylic acids is 1. The first kappa shape index (κ1) is 11.8. The zero-order valence-corrected chi connectivity index (χ0v) is 8.55. The third kappa shape index (κ3) is 2.23. The van der Waals surface area contributed by atoms with Crippen molar-refractivity contribution in [2.45, 2.75) is 19.2 Å². The van der Waals surface area contributed by atoms with Crippen LogP contribution in [-0.2, 0) is 5.88 Å². The second-order valence-corrected chi connectivity index (χ2v) is 3.17. The van der Waals surface area contributed by atoms with Crippen LogP contribution in [0.3, 0.4) is 0 Å². The van der Waals surface area contributed by atoms with Crippen molar-refractivity contribution < 1.29 is 18.7 Å². The average Bonchev–Trinajstić information content (AvgIpc) is 2.16. The molecule has 0 fully saturated rings. The third-order valence-electron chi connectivity index (χ3n) is 2.03. The Morgan fingerprint density at radius 1 is 1.67 bits per heavy atom. The summed E-state index contributed by atoms with van der Waals surface area (Å²) in [5.74, 6) is -1.40. The van der Waals surface area contributed by atoms with Crippen molar-refractivity contribution in [3.63, 3.8) is 0 Å². The Morgan fingerprint density at radius 3 is 2.67 bits per heavy atom. The summed E-state index contributed by atoms with van der Waals surface area (Å²) in [7, 11) is 0. The van der Waals surface area contributed by atoms with Crippen LogP contribution in [0.5, 0.6) is 0 Å². The number of aromatic nitrogens is 1. The van der Waals surface area contributed by atoms with Crippen molar-refractivity contribution in [2.24, 2.45) is 0 Å². The fourth-order valence-corrected chi connectivity index (χ4v) is 1.52. The van der Waals surface area contributed by atoms with Gasteiger partial charge in [-0.1, -0.05) is 0 Å². The smallest absolute Gasteiger partial charge is 0.336 e. The normalized spacial score (nSPS) is 10.7. The summed E-state index contributed by atoms with van der Waals surface area (Å²) >= 11 is 5.50. The highest BCUT2D eigenvalue weighted by Crippen LogP contribution is 2.26. The van der Waals surface area contributed by atoms with Gasteiger partial charge in [0.05, 0.1) is 22.7 Å². The maximum Gasteiger partial charge on any atom is 0.336 e. The SMILES string of the molecule is Cc1c(CCl)ncc(C(F)F)c1C(=O)O. The molecule has 1 aromatic rings. The molecule has 0 amide bonds. The zero-order valence-electron chi connectivity index (χ0n) is 7.80. The van der Waals surface area contributed by atoms with Gasteiger partial charge in [-0.15, -0.1) is 11.6 Å². The number of halogens is 3. The Morgan fingerprint density at radius 2 is 2.27 bits per heavy atom. The third-order valence-corrected chi connectivity index (χ3v) is 2.28. The van der Waals surface area contributed by atoms with E-state index in [1.54, 1.807) is 0 Å². The van der Waals surface area contributed by atoms with E-state index in [1.807, 2.05) is 0 Å². The van der Waals surface area contributed by atoms with Crippen LogP contribution in [0.1, 0.15) is 33.6 Å². The number of pyridine rings is 1. The van der Waals surface area contributed by atoms with Crippen molar-refractivity contribution in [3.05, 3.63) is 28.6 Å². The highest BCUT2D eigenvalue weighted by molar-refractivity contribution is 6.17. The molecule has 0 aromatic carbocycles. The Balaban J connectivity index is 3.44. The molecule has 0 unspecified atom stereocenters. The van der Waals surface area contributed by atoms with E-state index in [2.05, 4.69) is 4.98 Å². The molecule has 6 heteroatoms. The fraction of sp³-hybridized carbons (Fsp3) is 0.333. The molecule has 0 aliphatic carbocycles. The highest BCUT2D eigenvalue weighted by Gasteiger charge is 2.22. The molecule has 0 aliphatic rings. The van der Waals surface area contributed by atoms with Gasteiger partial charge in [0.15, 0.2) is 0 Å². The van der Waals surface area contributed by atoms with Crippen molar-refractivity contribution >= 4 is 17.6 Å². The molecule has 0 bridgehead atoms. The van der Waals surface area contributed by atoms with Gasteiger partial charge in [0.25, 0.3) is 6.43 Å². The van der Waals surface area contributed by atoms with Gasteiger partial charge in [-0.3, -0.25) is 4.98 Å². The van der Waals surface area contributed by atoms with Gasteiger partial charge in [-0.25, -0.2) is 13.6 Å². The molecule has 0 saturated heterocycles. The van der Waals surface area contributed by atoms with Crippen molar-refractivity contribution in [3.8, 4) is 0 Å². The number of carbonyl (C=O) groups is 1. The standard InChI is InChI=1S/C9H8ClF2NO2/c1-4-6(2-10)13-3-5(8(11)12)7(4)9(14)15/h3,8H,2H2,1H3,(H,14,15). The van der Waals surface area contributed by atoms with Crippen LogP contribution in [-0.4, -0.2) is 16.1 Å². The van der Waals surface area contributed by atoms with E-state index in [1.165, 1.54) is 6.92 Å². The molecule has 0 saturated carbocycles. The molecule has 0 spiro atoms. The minimum atomic E-state index is -2.85. The molecule has 0 aliphatic heterocycles. The van der Waals surface area contributed by atoms with Gasteiger partial charge in [-0.2, -0.15) is 0 Å². The number of rotatable bonds is 3. The van der Waals surface area contributed by atoms with E-state index >= 15 is 0 Å². The molecule has 0 radical (unpaired) electrons. The minimum absolute atomic E-state index is 0.00433. The molecule has 1 rings (SSSR count). The van der Waals surface area contributed by atoms with E-state index in [0.717, 1.165) is 6.20 Å². The second-order valence-electron chi connectivity index (χ2n) is 2.90. The average molecular weight is 236 g/mol. The lowest BCUT2D eigenvalue weighted by Crippen LogP contribution is -2.09. The topological polar surface area (TPSA) is 50.2 Å². The maximum absolute atomic E-state index is 12.5. The molecular formula is C9H8ClF2NO2. The van der Waals surface area contributed by atoms with Crippen molar-refractivity contribution in [1.29, 1.82) is 0 Å². The predicted octanol–water partition coefficient (Wildman–Crippen LogP) is 2.76. The molecular weight excluding hydrogens is 228 g/mol. The van der Waals surface area contributed by atoms with Gasteiger partial charge in [0.1, 0.15) is 0 Å². The van der Waals surface area contributed by atoms with E-state index in [-0.39, 0.29) is 11.4 Å². The van der Waals surface area contributed by atoms with E-state index < -0.39 is 23.5 Å². The molecule has 82 valence electrons. The number of carboxylic acids is 1. The van der Waals surface area contributed by atoms with Crippen molar-refractivity contribution in [1.82, 2.24) is 4.98 Å². The monoisotopic (exact) mass is 235 g/mol. The molecule has 1 N–H and O–H groups in total. The lowest BCUT2D eigenvalue weighted by atomic mass is 10.0. The van der Waals surface area contributed by atoms with E-state index in [4.69, 9.17) is 16.7 Å². The molecule has 1 heterocycles. The first-order valence-electron chi connectivity index (χ1n) is 4.04.